The molecule has 2 unspecified atom stereocenters. The van der Waals surface area contributed by atoms with Crippen LogP contribution in [0.2, 0.25) is 0 Å². The molecule has 2 N–H and O–H groups in total. The SMILES string of the molecule is COCCCNC(=O)C(C)NC(C)c1ccc(OC)cc1. The lowest BCUT2D eigenvalue weighted by atomic mass is 10.1. The van der Waals surface area contributed by atoms with Gasteiger partial charge in [0.25, 0.3) is 0 Å². The largest absolute Gasteiger partial charge is 0.497 e. The van der Waals surface area contributed by atoms with Crippen molar-refractivity contribution in [2.75, 3.05) is 27.4 Å². The van der Waals surface area contributed by atoms with Crippen LogP contribution in [0.25, 0.3) is 0 Å². The van der Waals surface area contributed by atoms with Gasteiger partial charge in [0.1, 0.15) is 5.75 Å². The van der Waals surface area contributed by atoms with Crippen LogP contribution in [0.3, 0.4) is 0 Å². The van der Waals surface area contributed by atoms with E-state index in [2.05, 4.69) is 10.6 Å². The van der Waals surface area contributed by atoms with E-state index in [1.165, 1.54) is 0 Å². The highest BCUT2D eigenvalue weighted by Crippen LogP contribution is 2.17. The van der Waals surface area contributed by atoms with Crippen molar-refractivity contribution in [1.29, 1.82) is 0 Å². The second kappa shape index (κ2) is 9.37. The van der Waals surface area contributed by atoms with Gasteiger partial charge in [0.05, 0.1) is 13.2 Å². The molecule has 5 nitrogen and oxygen atoms in total. The molecule has 1 amide bonds. The minimum Gasteiger partial charge on any atom is -0.497 e. The van der Waals surface area contributed by atoms with Crippen molar-refractivity contribution in [3.63, 3.8) is 0 Å². The summed E-state index contributed by atoms with van der Waals surface area (Å²) in [5, 5.41) is 6.18. The van der Waals surface area contributed by atoms with Gasteiger partial charge in [-0.05, 0) is 38.0 Å². The number of methoxy groups -OCH3 is 2. The summed E-state index contributed by atoms with van der Waals surface area (Å²) < 4.78 is 10.1. The van der Waals surface area contributed by atoms with Crippen molar-refractivity contribution >= 4 is 5.91 Å². The number of hydrogen-bond acceptors (Lipinski definition) is 4. The minimum atomic E-state index is -0.246. The van der Waals surface area contributed by atoms with Gasteiger partial charge in [0, 0.05) is 26.3 Å². The van der Waals surface area contributed by atoms with Crippen molar-refractivity contribution in [3.05, 3.63) is 29.8 Å². The highest BCUT2D eigenvalue weighted by Gasteiger charge is 2.15. The van der Waals surface area contributed by atoms with Gasteiger partial charge in [-0.2, -0.15) is 0 Å². The number of nitrogens with one attached hydrogen (secondary N) is 2. The van der Waals surface area contributed by atoms with E-state index in [1.807, 2.05) is 38.1 Å². The number of benzene rings is 1. The van der Waals surface area contributed by atoms with Crippen molar-refractivity contribution in [2.24, 2.45) is 0 Å². The predicted molar refractivity (Wildman–Crippen MR) is 83.5 cm³/mol. The maximum atomic E-state index is 11.9. The summed E-state index contributed by atoms with van der Waals surface area (Å²) in [4.78, 5) is 11.9. The first-order valence-corrected chi connectivity index (χ1v) is 7.25. The van der Waals surface area contributed by atoms with Gasteiger partial charge in [0.2, 0.25) is 5.91 Å². The summed E-state index contributed by atoms with van der Waals surface area (Å²) in [7, 11) is 3.30. The Kier molecular flexibility index (Phi) is 7.79. The van der Waals surface area contributed by atoms with Gasteiger partial charge < -0.3 is 14.8 Å². The molecular weight excluding hydrogens is 268 g/mol. The third-order valence-electron chi connectivity index (χ3n) is 3.33. The molecule has 2 atom stereocenters. The Morgan fingerprint density at radius 1 is 1.19 bits per heavy atom. The van der Waals surface area contributed by atoms with Crippen LogP contribution in [0.15, 0.2) is 24.3 Å². The first-order chi connectivity index (χ1) is 10.1. The third kappa shape index (κ3) is 6.14. The zero-order chi connectivity index (χ0) is 15.7. The smallest absolute Gasteiger partial charge is 0.236 e. The highest BCUT2D eigenvalue weighted by atomic mass is 16.5. The van der Waals surface area contributed by atoms with Gasteiger partial charge in [-0.25, -0.2) is 0 Å². The maximum absolute atomic E-state index is 11.9. The quantitative estimate of drug-likeness (QED) is 0.683. The average Bonchev–Trinajstić information content (AvgIpc) is 2.51. The lowest BCUT2D eigenvalue weighted by molar-refractivity contribution is -0.122. The second-order valence-electron chi connectivity index (χ2n) is 5.02. The lowest BCUT2D eigenvalue weighted by Gasteiger charge is -2.20. The van der Waals surface area contributed by atoms with E-state index in [0.29, 0.717) is 13.2 Å². The van der Waals surface area contributed by atoms with Crippen molar-refractivity contribution < 1.29 is 14.3 Å². The Hall–Kier alpha value is -1.59. The fourth-order valence-corrected chi connectivity index (χ4v) is 2.02. The second-order valence-corrected chi connectivity index (χ2v) is 5.02. The summed E-state index contributed by atoms with van der Waals surface area (Å²) in [5.41, 5.74) is 1.12. The van der Waals surface area contributed by atoms with Crippen LogP contribution in [-0.4, -0.2) is 39.3 Å². The van der Waals surface area contributed by atoms with Crippen LogP contribution >= 0.6 is 0 Å². The molecule has 1 aromatic rings. The number of ether oxygens (including phenoxy) is 2. The Morgan fingerprint density at radius 2 is 1.86 bits per heavy atom. The topological polar surface area (TPSA) is 59.6 Å². The normalized spacial score (nSPS) is 13.5. The van der Waals surface area contributed by atoms with Crippen LogP contribution in [0.4, 0.5) is 0 Å². The first-order valence-electron chi connectivity index (χ1n) is 7.25. The Balaban J connectivity index is 2.41. The molecule has 0 aliphatic carbocycles. The minimum absolute atomic E-state index is 0.00599. The molecule has 0 aromatic heterocycles. The number of amides is 1. The van der Waals surface area contributed by atoms with Crippen LogP contribution in [0, 0.1) is 0 Å². The van der Waals surface area contributed by atoms with Crippen LogP contribution in [0.5, 0.6) is 5.75 Å². The monoisotopic (exact) mass is 294 g/mol. The fraction of sp³-hybridized carbons (Fsp3) is 0.562. The molecule has 0 aliphatic rings. The Bertz CT molecular complexity index is 420. The molecule has 1 rings (SSSR count). The number of carbonyl (C=O) groups is 1. The average molecular weight is 294 g/mol. The molecule has 0 fully saturated rings. The molecular formula is C16H26N2O3. The van der Waals surface area contributed by atoms with E-state index in [1.54, 1.807) is 14.2 Å². The molecule has 0 saturated carbocycles. The van der Waals surface area contributed by atoms with Gasteiger partial charge in [-0.3, -0.25) is 10.1 Å². The summed E-state index contributed by atoms with van der Waals surface area (Å²) in [6.07, 6.45) is 0.822. The molecule has 1 aromatic carbocycles. The van der Waals surface area contributed by atoms with Crippen molar-refractivity contribution in [1.82, 2.24) is 10.6 Å². The van der Waals surface area contributed by atoms with Crippen LogP contribution in [-0.2, 0) is 9.53 Å². The van der Waals surface area contributed by atoms with E-state index in [-0.39, 0.29) is 18.0 Å². The van der Waals surface area contributed by atoms with Gasteiger partial charge in [-0.1, -0.05) is 12.1 Å². The van der Waals surface area contributed by atoms with Crippen LogP contribution in [0.1, 0.15) is 31.9 Å². The van der Waals surface area contributed by atoms with Gasteiger partial charge in [0.15, 0.2) is 0 Å². The summed E-state index contributed by atoms with van der Waals surface area (Å²) >= 11 is 0. The highest BCUT2D eigenvalue weighted by molar-refractivity contribution is 5.81. The molecule has 21 heavy (non-hydrogen) atoms. The molecule has 118 valence electrons. The number of hydrogen-bond donors (Lipinski definition) is 2. The van der Waals surface area contributed by atoms with Gasteiger partial charge >= 0.3 is 0 Å². The standard InChI is InChI=1S/C16H26N2O3/c1-12(14-6-8-15(21-4)9-7-14)18-13(2)16(19)17-10-5-11-20-3/h6-9,12-13,18H,5,10-11H2,1-4H3,(H,17,19). The first kappa shape index (κ1) is 17.5. The van der Waals surface area contributed by atoms with E-state index in [9.17, 15) is 4.79 Å². The van der Waals surface area contributed by atoms with Crippen LogP contribution < -0.4 is 15.4 Å². The van der Waals surface area contributed by atoms with E-state index in [0.717, 1.165) is 17.7 Å². The van der Waals surface area contributed by atoms with Crippen molar-refractivity contribution in [3.8, 4) is 5.75 Å². The molecule has 0 radical (unpaired) electrons. The maximum Gasteiger partial charge on any atom is 0.236 e. The lowest BCUT2D eigenvalue weighted by Crippen LogP contribution is -2.43. The summed E-state index contributed by atoms with van der Waals surface area (Å²) in [6, 6.07) is 7.69. The molecule has 0 heterocycles. The fourth-order valence-electron chi connectivity index (χ4n) is 2.02. The number of rotatable bonds is 9. The van der Waals surface area contributed by atoms with E-state index in [4.69, 9.17) is 9.47 Å². The third-order valence-corrected chi connectivity index (χ3v) is 3.33. The summed E-state index contributed by atoms with van der Waals surface area (Å²) in [5.74, 6) is 0.835. The molecule has 0 spiro atoms. The molecule has 0 bridgehead atoms. The Morgan fingerprint density at radius 3 is 2.43 bits per heavy atom. The van der Waals surface area contributed by atoms with E-state index >= 15 is 0 Å². The molecule has 0 aliphatic heterocycles. The van der Waals surface area contributed by atoms with Gasteiger partial charge in [-0.15, -0.1) is 0 Å². The Labute approximate surface area is 127 Å². The predicted octanol–water partition coefficient (Wildman–Crippen LogP) is 1.89. The molecule has 0 saturated heterocycles. The zero-order valence-corrected chi connectivity index (χ0v) is 13.3. The van der Waals surface area contributed by atoms with E-state index < -0.39 is 0 Å². The zero-order valence-electron chi connectivity index (χ0n) is 13.3. The molecule has 5 heteroatoms. The van der Waals surface area contributed by atoms with Crippen molar-refractivity contribution in [2.45, 2.75) is 32.4 Å². The summed E-state index contributed by atoms with van der Waals surface area (Å²) in [6.45, 7) is 5.20. The number of carbonyl (C=O) groups excluding carboxylic acids is 1.